The van der Waals surface area contributed by atoms with E-state index in [0.717, 1.165) is 10.5 Å². The van der Waals surface area contributed by atoms with Crippen molar-refractivity contribution >= 4 is 12.0 Å². The van der Waals surface area contributed by atoms with Crippen LogP contribution in [0.2, 0.25) is 0 Å². The number of amides is 2. The number of nitrogens with zero attached hydrogens (tertiary/aromatic N) is 1. The van der Waals surface area contributed by atoms with Crippen molar-refractivity contribution in [2.24, 2.45) is 0 Å². The van der Waals surface area contributed by atoms with Crippen LogP contribution in [0, 0.1) is 0 Å². The van der Waals surface area contributed by atoms with Gasteiger partial charge in [-0.15, -0.1) is 0 Å². The molecule has 1 unspecified atom stereocenters. The number of benzene rings is 3. The van der Waals surface area contributed by atoms with E-state index in [0.29, 0.717) is 13.0 Å². The second kappa shape index (κ2) is 11.0. The molecule has 1 atom stereocenters. The molecule has 3 aromatic rings. The number of carboxylic acid groups (broad SMARTS) is 1. The predicted octanol–water partition coefficient (Wildman–Crippen LogP) is 3.56. The van der Waals surface area contributed by atoms with Gasteiger partial charge in [-0.2, -0.15) is 0 Å². The quantitative estimate of drug-likeness (QED) is 0.581. The lowest BCUT2D eigenvalue weighted by molar-refractivity contribution is -0.268. The molecule has 0 radical (unpaired) electrons. The third-order valence-electron chi connectivity index (χ3n) is 5.41. The Kier molecular flexibility index (Phi) is 7.82. The van der Waals surface area contributed by atoms with Crippen LogP contribution in [0.25, 0.3) is 0 Å². The largest absolute Gasteiger partial charge is 0.530 e. The monoisotopic (exact) mass is 415 g/mol. The van der Waals surface area contributed by atoms with Crippen molar-refractivity contribution in [2.75, 3.05) is 6.54 Å². The van der Waals surface area contributed by atoms with E-state index < -0.39 is 12.1 Å². The number of carbonyl (C=O) groups is 2. The molecule has 2 amide bonds. The Hall–Kier alpha value is -3.60. The van der Waals surface area contributed by atoms with Crippen molar-refractivity contribution in [3.05, 3.63) is 108 Å². The highest BCUT2D eigenvalue weighted by atomic mass is 16.4. The summed E-state index contributed by atoms with van der Waals surface area (Å²) in [5.41, 5.74) is 3.16. The summed E-state index contributed by atoms with van der Waals surface area (Å²) in [6, 6.07) is 28.7. The number of nitrogens with one attached hydrogen (secondary N) is 1. The lowest BCUT2D eigenvalue weighted by Crippen LogP contribution is -2.52. The van der Waals surface area contributed by atoms with Crippen LogP contribution in [0.3, 0.4) is 0 Å². The van der Waals surface area contributed by atoms with Crippen molar-refractivity contribution in [3.63, 3.8) is 0 Å². The average molecular weight is 416 g/mol. The van der Waals surface area contributed by atoms with Gasteiger partial charge in [0.1, 0.15) is 12.1 Å². The zero-order valence-corrected chi connectivity index (χ0v) is 17.6. The van der Waals surface area contributed by atoms with Crippen LogP contribution in [0.15, 0.2) is 91.0 Å². The van der Waals surface area contributed by atoms with Gasteiger partial charge in [0.25, 0.3) is 0 Å². The number of hydrogen-bond acceptors (Lipinski definition) is 3. The van der Waals surface area contributed by atoms with E-state index in [1.165, 1.54) is 11.1 Å². The topological polar surface area (TPSA) is 72.5 Å². The van der Waals surface area contributed by atoms with Crippen LogP contribution in [-0.4, -0.2) is 29.5 Å². The Bertz CT molecular complexity index is 922. The van der Waals surface area contributed by atoms with Gasteiger partial charge < -0.3 is 20.1 Å². The molecule has 3 rings (SSSR count). The molecule has 0 spiro atoms. The van der Waals surface area contributed by atoms with Gasteiger partial charge >= 0.3 is 0 Å². The number of carbonyl (C=O) groups excluding carboxylic acids is 2. The molecule has 3 aromatic carbocycles. The number of rotatable bonds is 9. The van der Waals surface area contributed by atoms with Gasteiger partial charge in [0, 0.05) is 19.0 Å². The first kappa shape index (κ1) is 22.1. The third-order valence-corrected chi connectivity index (χ3v) is 5.41. The summed E-state index contributed by atoms with van der Waals surface area (Å²) in [6.07, 6.45) is -0.658. The maximum atomic E-state index is 12.7. The average Bonchev–Trinajstić information content (AvgIpc) is 2.81. The molecule has 0 fully saturated rings. The molecule has 0 bridgehead atoms. The molecule has 0 heterocycles. The molecule has 0 saturated heterocycles. The summed E-state index contributed by atoms with van der Waals surface area (Å²) < 4.78 is 0. The van der Waals surface area contributed by atoms with E-state index in [9.17, 15) is 14.7 Å². The highest BCUT2D eigenvalue weighted by Gasteiger charge is 2.22. The third kappa shape index (κ3) is 6.19. The van der Waals surface area contributed by atoms with Gasteiger partial charge in [0.2, 0.25) is 5.91 Å². The molecule has 0 saturated carbocycles. The molecule has 31 heavy (non-hydrogen) atoms. The van der Waals surface area contributed by atoms with Crippen LogP contribution >= 0.6 is 0 Å². The second-order valence-corrected chi connectivity index (χ2v) is 7.51. The summed E-state index contributed by atoms with van der Waals surface area (Å²) in [5, 5.41) is 14.5. The van der Waals surface area contributed by atoms with Crippen molar-refractivity contribution in [3.8, 4) is 0 Å². The van der Waals surface area contributed by atoms with Gasteiger partial charge in [-0.3, -0.25) is 4.79 Å². The standard InChI is InChI=1S/C26H28N2O3/c1-20(28(26(30)31)19-21-11-5-2-6-12-21)25(29)27-18-17-24(22-13-7-3-8-14-22)23-15-9-4-10-16-23/h2-16,20,24H,17-19H2,1H3,(H,27,29)(H,30,31)/p-1. The normalized spacial score (nSPS) is 11.7. The fourth-order valence-corrected chi connectivity index (χ4v) is 3.67. The maximum Gasteiger partial charge on any atom is 0.242 e. The minimum absolute atomic E-state index is 0.106. The van der Waals surface area contributed by atoms with Crippen molar-refractivity contribution < 1.29 is 14.7 Å². The summed E-state index contributed by atoms with van der Waals surface area (Å²) in [5.74, 6) is -0.195. The molecule has 0 aliphatic carbocycles. The van der Waals surface area contributed by atoms with Crippen molar-refractivity contribution in [2.45, 2.75) is 31.8 Å². The highest BCUT2D eigenvalue weighted by Crippen LogP contribution is 2.27. The fraction of sp³-hybridized carbons (Fsp3) is 0.231. The van der Waals surface area contributed by atoms with E-state index in [1.54, 1.807) is 6.92 Å². The lowest BCUT2D eigenvalue weighted by atomic mass is 9.88. The molecule has 0 aliphatic heterocycles. The Morgan fingerprint density at radius 3 is 1.81 bits per heavy atom. The van der Waals surface area contributed by atoms with Gasteiger partial charge in [-0.1, -0.05) is 91.0 Å². The zero-order chi connectivity index (χ0) is 22.1. The van der Waals surface area contributed by atoms with Gasteiger partial charge in [-0.25, -0.2) is 0 Å². The van der Waals surface area contributed by atoms with Gasteiger partial charge in [0.05, 0.1) is 0 Å². The maximum absolute atomic E-state index is 12.7. The van der Waals surface area contributed by atoms with E-state index in [4.69, 9.17) is 0 Å². The van der Waals surface area contributed by atoms with E-state index in [1.807, 2.05) is 66.7 Å². The number of hydrogen-bond donors (Lipinski definition) is 1. The SMILES string of the molecule is CC(C(=O)NCCC(c1ccccc1)c1ccccc1)N(Cc1ccccc1)C(=O)[O-]. The van der Waals surface area contributed by atoms with Gasteiger partial charge in [0.15, 0.2) is 0 Å². The Balaban J connectivity index is 1.63. The molecule has 0 aromatic heterocycles. The summed E-state index contributed by atoms with van der Waals surface area (Å²) in [4.78, 5) is 25.4. The first-order valence-corrected chi connectivity index (χ1v) is 10.5. The Morgan fingerprint density at radius 2 is 1.32 bits per heavy atom. The molecular weight excluding hydrogens is 388 g/mol. The highest BCUT2D eigenvalue weighted by molar-refractivity contribution is 5.84. The van der Waals surface area contributed by atoms with E-state index >= 15 is 0 Å². The Morgan fingerprint density at radius 1 is 0.839 bits per heavy atom. The van der Waals surface area contributed by atoms with Gasteiger partial charge in [-0.05, 0) is 30.0 Å². The molecular formula is C26H27N2O3-. The smallest absolute Gasteiger partial charge is 0.242 e. The first-order valence-electron chi connectivity index (χ1n) is 10.5. The minimum atomic E-state index is -1.36. The molecule has 0 aliphatic rings. The van der Waals surface area contributed by atoms with E-state index in [-0.39, 0.29) is 18.4 Å². The van der Waals surface area contributed by atoms with Crippen LogP contribution in [0.5, 0.6) is 0 Å². The van der Waals surface area contributed by atoms with E-state index in [2.05, 4.69) is 29.6 Å². The summed E-state index contributed by atoms with van der Waals surface area (Å²) in [6.45, 7) is 2.12. The minimum Gasteiger partial charge on any atom is -0.530 e. The van der Waals surface area contributed by atoms with Crippen molar-refractivity contribution in [1.29, 1.82) is 0 Å². The molecule has 160 valence electrons. The summed E-state index contributed by atoms with van der Waals surface area (Å²) in [7, 11) is 0. The zero-order valence-electron chi connectivity index (χ0n) is 17.6. The van der Waals surface area contributed by atoms with Crippen LogP contribution in [-0.2, 0) is 11.3 Å². The van der Waals surface area contributed by atoms with Crippen LogP contribution in [0.4, 0.5) is 4.79 Å². The van der Waals surface area contributed by atoms with Crippen LogP contribution < -0.4 is 10.4 Å². The molecule has 5 heteroatoms. The first-order chi connectivity index (χ1) is 15.1. The molecule has 1 N–H and O–H groups in total. The fourth-order valence-electron chi connectivity index (χ4n) is 3.67. The van der Waals surface area contributed by atoms with Crippen LogP contribution in [0.1, 0.15) is 36.0 Å². The summed E-state index contributed by atoms with van der Waals surface area (Å²) >= 11 is 0. The predicted molar refractivity (Wildman–Crippen MR) is 119 cm³/mol. The lowest BCUT2D eigenvalue weighted by Gasteiger charge is -2.31. The Labute approximate surface area is 183 Å². The van der Waals surface area contributed by atoms with Crippen molar-refractivity contribution in [1.82, 2.24) is 10.2 Å². The second-order valence-electron chi connectivity index (χ2n) is 7.51. The molecule has 5 nitrogen and oxygen atoms in total.